The SMILES string of the molecule is O=C(CNC(=O)c1ccccc1C(=O)c1ccccc1)NNC(=O)c1ccccc1Br. The lowest BCUT2D eigenvalue weighted by molar-refractivity contribution is -0.120. The Balaban J connectivity index is 1.59. The number of nitrogens with one attached hydrogen (secondary N) is 3. The number of hydrogen-bond donors (Lipinski definition) is 3. The number of benzene rings is 3. The summed E-state index contributed by atoms with van der Waals surface area (Å²) in [5.74, 6) is -2.00. The molecular formula is C23H18BrN3O4. The van der Waals surface area contributed by atoms with Crippen LogP contribution in [0.2, 0.25) is 0 Å². The fourth-order valence-electron chi connectivity index (χ4n) is 2.76. The van der Waals surface area contributed by atoms with Crippen LogP contribution in [-0.2, 0) is 4.79 Å². The van der Waals surface area contributed by atoms with Gasteiger partial charge in [-0.3, -0.25) is 30.0 Å². The first-order valence-corrected chi connectivity index (χ1v) is 10.1. The second-order valence-corrected chi connectivity index (χ2v) is 7.26. The number of carbonyl (C=O) groups is 4. The molecule has 3 aromatic carbocycles. The van der Waals surface area contributed by atoms with Gasteiger partial charge in [0.05, 0.1) is 17.7 Å². The molecule has 8 heteroatoms. The number of hydrogen-bond acceptors (Lipinski definition) is 4. The molecule has 0 heterocycles. The molecule has 0 saturated heterocycles. The van der Waals surface area contributed by atoms with Crippen molar-refractivity contribution in [1.82, 2.24) is 16.2 Å². The van der Waals surface area contributed by atoms with E-state index in [0.717, 1.165) is 0 Å². The predicted octanol–water partition coefficient (Wildman–Crippen LogP) is 2.87. The summed E-state index contributed by atoms with van der Waals surface area (Å²) in [6.07, 6.45) is 0. The predicted molar refractivity (Wildman–Crippen MR) is 118 cm³/mol. The van der Waals surface area contributed by atoms with Gasteiger partial charge in [-0.15, -0.1) is 0 Å². The van der Waals surface area contributed by atoms with Crippen LogP contribution in [0.25, 0.3) is 0 Å². The summed E-state index contributed by atoms with van der Waals surface area (Å²) in [6.45, 7) is -0.386. The third kappa shape index (κ3) is 5.64. The Morgan fingerprint density at radius 2 is 1.23 bits per heavy atom. The minimum absolute atomic E-state index is 0.154. The topological polar surface area (TPSA) is 104 Å². The fourth-order valence-corrected chi connectivity index (χ4v) is 3.23. The van der Waals surface area contributed by atoms with Crippen LogP contribution < -0.4 is 16.2 Å². The van der Waals surface area contributed by atoms with Crippen molar-refractivity contribution in [3.05, 3.63) is 106 Å². The Kier molecular flexibility index (Phi) is 7.29. The highest BCUT2D eigenvalue weighted by Gasteiger charge is 2.18. The zero-order valence-corrected chi connectivity index (χ0v) is 17.8. The number of halogens is 1. The Morgan fingerprint density at radius 1 is 0.645 bits per heavy atom. The number of amides is 3. The molecule has 3 aromatic rings. The van der Waals surface area contributed by atoms with Crippen LogP contribution in [0, 0.1) is 0 Å². The van der Waals surface area contributed by atoms with Gasteiger partial charge < -0.3 is 5.32 Å². The lowest BCUT2D eigenvalue weighted by Gasteiger charge is -2.11. The molecule has 3 N–H and O–H groups in total. The molecule has 31 heavy (non-hydrogen) atoms. The van der Waals surface area contributed by atoms with Crippen LogP contribution in [0.4, 0.5) is 0 Å². The maximum Gasteiger partial charge on any atom is 0.270 e. The lowest BCUT2D eigenvalue weighted by atomic mass is 9.98. The summed E-state index contributed by atoms with van der Waals surface area (Å²) in [6, 6.07) is 21.7. The molecule has 0 saturated carbocycles. The molecule has 0 aliphatic carbocycles. The Hall–Kier alpha value is -3.78. The molecular weight excluding hydrogens is 462 g/mol. The van der Waals surface area contributed by atoms with Crippen molar-refractivity contribution in [3.63, 3.8) is 0 Å². The average molecular weight is 480 g/mol. The van der Waals surface area contributed by atoms with Crippen LogP contribution in [0.3, 0.4) is 0 Å². The zero-order valence-electron chi connectivity index (χ0n) is 16.2. The monoisotopic (exact) mass is 479 g/mol. The molecule has 156 valence electrons. The zero-order chi connectivity index (χ0) is 22.2. The molecule has 7 nitrogen and oxygen atoms in total. The van der Waals surface area contributed by atoms with Gasteiger partial charge in [-0.05, 0) is 34.1 Å². The fraction of sp³-hybridized carbons (Fsp3) is 0.0435. The molecule has 0 aliphatic heterocycles. The van der Waals surface area contributed by atoms with E-state index in [1.807, 2.05) is 0 Å². The van der Waals surface area contributed by atoms with E-state index in [1.54, 1.807) is 72.8 Å². The van der Waals surface area contributed by atoms with Crippen LogP contribution in [0.5, 0.6) is 0 Å². The van der Waals surface area contributed by atoms with Crippen molar-refractivity contribution >= 4 is 39.4 Å². The molecule has 0 bridgehead atoms. The van der Waals surface area contributed by atoms with E-state index >= 15 is 0 Å². The molecule has 0 aliphatic rings. The number of rotatable bonds is 6. The summed E-state index contributed by atoms with van der Waals surface area (Å²) in [5.41, 5.74) is 5.70. The highest BCUT2D eigenvalue weighted by atomic mass is 79.9. The molecule has 0 atom stereocenters. The third-order valence-electron chi connectivity index (χ3n) is 4.30. The van der Waals surface area contributed by atoms with Crippen molar-refractivity contribution in [2.24, 2.45) is 0 Å². The van der Waals surface area contributed by atoms with Gasteiger partial charge in [-0.1, -0.05) is 60.7 Å². The summed E-state index contributed by atoms with van der Waals surface area (Å²) in [7, 11) is 0. The quantitative estimate of drug-likeness (QED) is 0.373. The summed E-state index contributed by atoms with van der Waals surface area (Å²) < 4.78 is 0.578. The first kappa shape index (κ1) is 21.9. The summed E-state index contributed by atoms with van der Waals surface area (Å²) in [5, 5.41) is 2.46. The van der Waals surface area contributed by atoms with Crippen molar-refractivity contribution in [2.75, 3.05) is 6.54 Å². The number of ketones is 1. The van der Waals surface area contributed by atoms with Crippen molar-refractivity contribution in [1.29, 1.82) is 0 Å². The second-order valence-electron chi connectivity index (χ2n) is 6.41. The molecule has 0 unspecified atom stereocenters. The first-order chi connectivity index (χ1) is 15.0. The number of carbonyl (C=O) groups excluding carboxylic acids is 4. The van der Waals surface area contributed by atoms with Crippen molar-refractivity contribution in [3.8, 4) is 0 Å². The normalized spacial score (nSPS) is 10.1. The molecule has 0 spiro atoms. The van der Waals surface area contributed by atoms with E-state index in [2.05, 4.69) is 32.1 Å². The highest BCUT2D eigenvalue weighted by molar-refractivity contribution is 9.10. The standard InChI is InChI=1S/C23H18BrN3O4/c24-19-13-7-6-12-18(19)23(31)27-26-20(28)14-25-22(30)17-11-5-4-10-16(17)21(29)15-8-2-1-3-9-15/h1-13H,14H2,(H,25,30)(H,26,28)(H,27,31). The lowest BCUT2D eigenvalue weighted by Crippen LogP contribution is -2.46. The van der Waals surface area contributed by atoms with Gasteiger partial charge in [0, 0.05) is 15.6 Å². The van der Waals surface area contributed by atoms with Gasteiger partial charge in [0.25, 0.3) is 17.7 Å². The highest BCUT2D eigenvalue weighted by Crippen LogP contribution is 2.16. The summed E-state index contributed by atoms with van der Waals surface area (Å²) >= 11 is 3.26. The van der Waals surface area contributed by atoms with Gasteiger partial charge in [0.15, 0.2) is 5.78 Å². The number of hydrazine groups is 1. The van der Waals surface area contributed by atoms with Crippen LogP contribution in [-0.4, -0.2) is 30.0 Å². The van der Waals surface area contributed by atoms with E-state index in [4.69, 9.17) is 0 Å². The van der Waals surface area contributed by atoms with E-state index in [0.29, 0.717) is 15.6 Å². The first-order valence-electron chi connectivity index (χ1n) is 9.28. The summed E-state index contributed by atoms with van der Waals surface area (Å²) in [4.78, 5) is 49.4. The van der Waals surface area contributed by atoms with Gasteiger partial charge >= 0.3 is 0 Å². The Bertz CT molecular complexity index is 1130. The third-order valence-corrected chi connectivity index (χ3v) is 4.99. The molecule has 0 aromatic heterocycles. The van der Waals surface area contributed by atoms with Gasteiger partial charge in [-0.2, -0.15) is 0 Å². The van der Waals surface area contributed by atoms with Gasteiger partial charge in [-0.25, -0.2) is 0 Å². The Labute approximate surface area is 187 Å². The largest absolute Gasteiger partial charge is 0.343 e. The minimum Gasteiger partial charge on any atom is -0.343 e. The molecule has 3 amide bonds. The molecule has 0 fully saturated rings. The van der Waals surface area contributed by atoms with E-state index in [9.17, 15) is 19.2 Å². The van der Waals surface area contributed by atoms with E-state index in [-0.39, 0.29) is 23.5 Å². The van der Waals surface area contributed by atoms with Crippen molar-refractivity contribution < 1.29 is 19.2 Å². The van der Waals surface area contributed by atoms with Crippen LogP contribution in [0.1, 0.15) is 36.6 Å². The van der Waals surface area contributed by atoms with Crippen LogP contribution in [0.15, 0.2) is 83.3 Å². The smallest absolute Gasteiger partial charge is 0.270 e. The van der Waals surface area contributed by atoms with E-state index < -0.39 is 17.7 Å². The van der Waals surface area contributed by atoms with Crippen LogP contribution >= 0.6 is 15.9 Å². The van der Waals surface area contributed by atoms with Gasteiger partial charge in [0.1, 0.15) is 0 Å². The maximum atomic E-state index is 12.7. The van der Waals surface area contributed by atoms with Gasteiger partial charge in [0.2, 0.25) is 0 Å². The van der Waals surface area contributed by atoms with Crippen molar-refractivity contribution in [2.45, 2.75) is 0 Å². The molecule has 0 radical (unpaired) electrons. The van der Waals surface area contributed by atoms with E-state index in [1.165, 1.54) is 6.07 Å². The minimum atomic E-state index is -0.624. The Morgan fingerprint density at radius 3 is 1.90 bits per heavy atom. The average Bonchev–Trinajstić information content (AvgIpc) is 2.81. The maximum absolute atomic E-state index is 12.7. The second kappa shape index (κ2) is 10.3. The molecule has 3 rings (SSSR count).